The Balaban J connectivity index is 1.94. The molecule has 7 heteroatoms. The molecule has 0 aliphatic heterocycles. The number of aromatic nitrogens is 2. The molecule has 0 radical (unpaired) electrons. The second kappa shape index (κ2) is 6.18. The van der Waals surface area contributed by atoms with Crippen molar-refractivity contribution in [2.24, 2.45) is 0 Å². The molecule has 0 saturated carbocycles. The Morgan fingerprint density at radius 1 is 1.17 bits per heavy atom. The average Bonchev–Trinajstić information content (AvgIpc) is 2.93. The topological polar surface area (TPSA) is 76.2 Å². The number of nitrogens with one attached hydrogen (secondary N) is 2. The van der Waals surface area contributed by atoms with Crippen LogP contribution in [-0.4, -0.2) is 30.1 Å². The highest BCUT2D eigenvalue weighted by Crippen LogP contribution is 2.29. The molecule has 0 unspecified atom stereocenters. The molecule has 3 rings (SSSR count). The van der Waals surface area contributed by atoms with Gasteiger partial charge < -0.3 is 19.8 Å². The lowest BCUT2D eigenvalue weighted by Crippen LogP contribution is -2.14. The molecule has 1 amide bonds. The van der Waals surface area contributed by atoms with Crippen LogP contribution < -0.4 is 14.8 Å². The molecule has 6 nitrogen and oxygen atoms in total. The largest absolute Gasteiger partial charge is 0.496 e. The number of fused-ring (bicyclic) bond motifs is 1. The molecule has 118 valence electrons. The predicted molar refractivity (Wildman–Crippen MR) is 88.6 cm³/mol. The molecule has 0 aliphatic rings. The number of H-pyrrole nitrogens is 1. The number of methoxy groups -OCH3 is 2. The van der Waals surface area contributed by atoms with Gasteiger partial charge in [0.2, 0.25) is 5.28 Å². The smallest absolute Gasteiger partial charge is 0.263 e. The first-order valence-corrected chi connectivity index (χ1v) is 7.18. The van der Waals surface area contributed by atoms with E-state index in [2.05, 4.69) is 15.3 Å². The summed E-state index contributed by atoms with van der Waals surface area (Å²) in [6.07, 6.45) is 0. The van der Waals surface area contributed by atoms with E-state index < -0.39 is 0 Å². The molecule has 1 heterocycles. The average molecular weight is 332 g/mol. The van der Waals surface area contributed by atoms with Crippen molar-refractivity contribution in [1.29, 1.82) is 0 Å². The highest BCUT2D eigenvalue weighted by molar-refractivity contribution is 6.29. The molecule has 23 heavy (non-hydrogen) atoms. The number of rotatable bonds is 4. The Hall–Kier alpha value is -2.73. The third-order valence-electron chi connectivity index (χ3n) is 3.37. The van der Waals surface area contributed by atoms with Gasteiger partial charge in [0, 0.05) is 5.69 Å². The summed E-state index contributed by atoms with van der Waals surface area (Å²) in [7, 11) is 3.01. The number of benzene rings is 2. The van der Waals surface area contributed by atoms with Crippen molar-refractivity contribution in [2.75, 3.05) is 19.5 Å². The van der Waals surface area contributed by atoms with Crippen molar-refractivity contribution in [3.05, 3.63) is 47.2 Å². The van der Waals surface area contributed by atoms with E-state index in [1.54, 1.807) is 36.4 Å². The first-order chi connectivity index (χ1) is 11.1. The number of imidazole rings is 1. The fraction of sp³-hybridized carbons (Fsp3) is 0.125. The molecule has 2 aromatic carbocycles. The van der Waals surface area contributed by atoms with Gasteiger partial charge in [-0.3, -0.25) is 4.79 Å². The maximum atomic E-state index is 12.6. The standard InChI is InChI=1S/C16H14ClN3O3/c1-22-12-4-3-5-13(23-2)14(12)15(21)18-9-6-7-10-11(8-9)20-16(17)19-10/h3-8H,1-2H3,(H,18,21)(H,19,20). The van der Waals surface area contributed by atoms with E-state index in [4.69, 9.17) is 21.1 Å². The minimum atomic E-state index is -0.329. The number of amides is 1. The zero-order valence-electron chi connectivity index (χ0n) is 12.5. The number of aromatic amines is 1. The summed E-state index contributed by atoms with van der Waals surface area (Å²) in [5.74, 6) is 0.546. The van der Waals surface area contributed by atoms with Gasteiger partial charge in [-0.15, -0.1) is 0 Å². The quantitative estimate of drug-likeness (QED) is 0.767. The Morgan fingerprint density at radius 3 is 2.52 bits per heavy atom. The maximum Gasteiger partial charge on any atom is 0.263 e. The van der Waals surface area contributed by atoms with Gasteiger partial charge in [-0.25, -0.2) is 4.98 Å². The Labute approximate surface area is 137 Å². The highest BCUT2D eigenvalue weighted by Gasteiger charge is 2.18. The SMILES string of the molecule is COc1cccc(OC)c1C(=O)Nc1ccc2nc(Cl)[nH]c2c1. The van der Waals surface area contributed by atoms with Crippen LogP contribution in [0.1, 0.15) is 10.4 Å². The molecule has 0 atom stereocenters. The molecule has 0 saturated heterocycles. The normalized spacial score (nSPS) is 10.6. The van der Waals surface area contributed by atoms with Gasteiger partial charge in [0.1, 0.15) is 17.1 Å². The fourth-order valence-corrected chi connectivity index (χ4v) is 2.52. The second-order valence-electron chi connectivity index (χ2n) is 4.75. The molecule has 1 aromatic heterocycles. The van der Waals surface area contributed by atoms with Crippen molar-refractivity contribution < 1.29 is 14.3 Å². The van der Waals surface area contributed by atoms with E-state index in [-0.39, 0.29) is 5.91 Å². The van der Waals surface area contributed by atoms with Gasteiger partial charge in [-0.2, -0.15) is 0 Å². The maximum absolute atomic E-state index is 12.6. The molecule has 2 N–H and O–H groups in total. The first kappa shape index (κ1) is 15.2. The minimum absolute atomic E-state index is 0.301. The van der Waals surface area contributed by atoms with Crippen LogP contribution in [0.15, 0.2) is 36.4 Å². The van der Waals surface area contributed by atoms with E-state index in [0.29, 0.717) is 28.0 Å². The summed E-state index contributed by atoms with van der Waals surface area (Å²) in [5.41, 5.74) is 2.40. The monoisotopic (exact) mass is 331 g/mol. The molecule has 0 bridgehead atoms. The molecule has 3 aromatic rings. The van der Waals surface area contributed by atoms with Crippen LogP contribution in [0, 0.1) is 0 Å². The summed E-state index contributed by atoms with van der Waals surface area (Å²) >= 11 is 5.83. The fourth-order valence-electron chi connectivity index (χ4n) is 2.32. The Morgan fingerprint density at radius 2 is 1.87 bits per heavy atom. The van der Waals surface area contributed by atoms with Gasteiger partial charge in [0.15, 0.2) is 0 Å². The van der Waals surface area contributed by atoms with E-state index in [1.165, 1.54) is 14.2 Å². The third kappa shape index (κ3) is 2.93. The zero-order chi connectivity index (χ0) is 16.4. The highest BCUT2D eigenvalue weighted by atomic mass is 35.5. The van der Waals surface area contributed by atoms with Gasteiger partial charge in [0.05, 0.1) is 25.3 Å². The van der Waals surface area contributed by atoms with Crippen molar-refractivity contribution >= 4 is 34.2 Å². The number of hydrogen-bond acceptors (Lipinski definition) is 4. The molecular formula is C16H14ClN3O3. The Kier molecular flexibility index (Phi) is 4.08. The number of nitrogens with zero attached hydrogens (tertiary/aromatic N) is 1. The third-order valence-corrected chi connectivity index (χ3v) is 3.54. The van der Waals surface area contributed by atoms with Gasteiger partial charge >= 0.3 is 0 Å². The van der Waals surface area contributed by atoms with E-state index in [9.17, 15) is 4.79 Å². The van der Waals surface area contributed by atoms with Crippen LogP contribution in [0.25, 0.3) is 11.0 Å². The first-order valence-electron chi connectivity index (χ1n) is 6.80. The number of hydrogen-bond donors (Lipinski definition) is 2. The van der Waals surface area contributed by atoms with Crippen LogP contribution in [0.5, 0.6) is 11.5 Å². The lowest BCUT2D eigenvalue weighted by Gasteiger charge is -2.13. The van der Waals surface area contributed by atoms with Crippen molar-refractivity contribution in [3.63, 3.8) is 0 Å². The number of halogens is 1. The van der Waals surface area contributed by atoms with E-state index in [0.717, 1.165) is 11.0 Å². The predicted octanol–water partition coefficient (Wildman–Crippen LogP) is 3.49. The molecular weight excluding hydrogens is 318 g/mol. The van der Waals surface area contributed by atoms with Crippen LogP contribution in [-0.2, 0) is 0 Å². The molecule has 0 aliphatic carbocycles. The summed E-state index contributed by atoms with van der Waals surface area (Å²) < 4.78 is 10.5. The second-order valence-corrected chi connectivity index (χ2v) is 5.11. The van der Waals surface area contributed by atoms with Crippen LogP contribution in [0.3, 0.4) is 0 Å². The van der Waals surface area contributed by atoms with Crippen LogP contribution >= 0.6 is 11.6 Å². The Bertz CT molecular complexity index is 854. The molecule has 0 fully saturated rings. The number of carbonyl (C=O) groups is 1. The number of ether oxygens (including phenoxy) is 2. The van der Waals surface area contributed by atoms with Crippen molar-refractivity contribution in [2.45, 2.75) is 0 Å². The van der Waals surface area contributed by atoms with E-state index >= 15 is 0 Å². The van der Waals surface area contributed by atoms with E-state index in [1.807, 2.05) is 0 Å². The zero-order valence-corrected chi connectivity index (χ0v) is 13.3. The van der Waals surface area contributed by atoms with Crippen LogP contribution in [0.4, 0.5) is 5.69 Å². The lowest BCUT2D eigenvalue weighted by molar-refractivity contribution is 0.102. The number of carbonyl (C=O) groups excluding carboxylic acids is 1. The number of anilines is 1. The van der Waals surface area contributed by atoms with Gasteiger partial charge in [0.25, 0.3) is 5.91 Å². The van der Waals surface area contributed by atoms with Crippen molar-refractivity contribution in [1.82, 2.24) is 9.97 Å². The summed E-state index contributed by atoms with van der Waals surface area (Å²) in [4.78, 5) is 19.6. The molecule has 0 spiro atoms. The lowest BCUT2D eigenvalue weighted by atomic mass is 10.1. The summed E-state index contributed by atoms with van der Waals surface area (Å²) in [5, 5.41) is 3.12. The van der Waals surface area contributed by atoms with Crippen molar-refractivity contribution in [3.8, 4) is 11.5 Å². The minimum Gasteiger partial charge on any atom is -0.496 e. The van der Waals surface area contributed by atoms with Gasteiger partial charge in [-0.1, -0.05) is 6.07 Å². The van der Waals surface area contributed by atoms with Gasteiger partial charge in [-0.05, 0) is 41.9 Å². The van der Waals surface area contributed by atoms with Crippen LogP contribution in [0.2, 0.25) is 5.28 Å². The summed E-state index contributed by atoms with van der Waals surface area (Å²) in [6, 6.07) is 10.4. The summed E-state index contributed by atoms with van der Waals surface area (Å²) in [6.45, 7) is 0.